The second-order valence-corrected chi connectivity index (χ2v) is 11.8. The third-order valence-corrected chi connectivity index (χ3v) is 8.29. The van der Waals surface area contributed by atoms with E-state index in [4.69, 9.17) is 14.2 Å². The highest BCUT2D eigenvalue weighted by molar-refractivity contribution is 8.18. The van der Waals surface area contributed by atoms with E-state index in [1.54, 1.807) is 7.11 Å². The second kappa shape index (κ2) is 12.8. The van der Waals surface area contributed by atoms with Gasteiger partial charge in [0.15, 0.2) is 0 Å². The van der Waals surface area contributed by atoms with Gasteiger partial charge in [-0.2, -0.15) is 0 Å². The van der Waals surface area contributed by atoms with Crippen molar-refractivity contribution in [1.29, 1.82) is 0 Å². The SMILES string of the molecule is COc1ccc(Oc2ccc(-n3c(C)cc(/C=C4\SC(=O)N(CCOc5cc(C)ccc5C(C)C)C4=O)c3C)cc2)cc1. The second-order valence-electron chi connectivity index (χ2n) is 10.8. The minimum atomic E-state index is -0.295. The molecular formula is C35H36N2O5S. The number of aryl methyl sites for hydroxylation is 2. The Labute approximate surface area is 257 Å². The molecule has 1 aliphatic rings. The van der Waals surface area contributed by atoms with Crippen LogP contribution in [0, 0.1) is 20.8 Å². The molecule has 0 atom stereocenters. The van der Waals surface area contributed by atoms with Crippen LogP contribution in [0.4, 0.5) is 4.79 Å². The van der Waals surface area contributed by atoms with Crippen molar-refractivity contribution in [3.8, 4) is 28.7 Å². The fraction of sp³-hybridized carbons (Fsp3) is 0.257. The van der Waals surface area contributed by atoms with Crippen LogP contribution in [0.15, 0.2) is 77.7 Å². The molecule has 222 valence electrons. The van der Waals surface area contributed by atoms with Crippen LogP contribution in [0.25, 0.3) is 11.8 Å². The van der Waals surface area contributed by atoms with Crippen LogP contribution in [0.5, 0.6) is 23.0 Å². The van der Waals surface area contributed by atoms with Gasteiger partial charge < -0.3 is 18.8 Å². The van der Waals surface area contributed by atoms with E-state index in [-0.39, 0.29) is 24.3 Å². The Kier molecular flexibility index (Phi) is 8.97. The zero-order valence-electron chi connectivity index (χ0n) is 25.3. The lowest BCUT2D eigenvalue weighted by Crippen LogP contribution is -2.32. The number of amides is 2. The lowest BCUT2D eigenvalue weighted by atomic mass is 10.0. The number of nitrogens with zero attached hydrogens (tertiary/aromatic N) is 2. The highest BCUT2D eigenvalue weighted by atomic mass is 32.2. The Morgan fingerprint density at radius 3 is 2.16 bits per heavy atom. The highest BCUT2D eigenvalue weighted by Crippen LogP contribution is 2.34. The molecule has 2 amide bonds. The van der Waals surface area contributed by atoms with Crippen LogP contribution < -0.4 is 14.2 Å². The number of imide groups is 1. The van der Waals surface area contributed by atoms with Crippen LogP contribution in [-0.4, -0.2) is 40.9 Å². The lowest BCUT2D eigenvalue weighted by Gasteiger charge is -2.17. The molecule has 43 heavy (non-hydrogen) atoms. The number of ether oxygens (including phenoxy) is 3. The molecular weight excluding hydrogens is 560 g/mol. The molecule has 0 saturated carbocycles. The molecule has 0 bridgehead atoms. The lowest BCUT2D eigenvalue weighted by molar-refractivity contribution is -0.123. The fourth-order valence-corrected chi connectivity index (χ4v) is 5.95. The van der Waals surface area contributed by atoms with Gasteiger partial charge in [0.25, 0.3) is 11.1 Å². The summed E-state index contributed by atoms with van der Waals surface area (Å²) < 4.78 is 19.3. The van der Waals surface area contributed by atoms with Crippen molar-refractivity contribution in [2.75, 3.05) is 20.3 Å². The molecule has 1 fully saturated rings. The van der Waals surface area contributed by atoms with Gasteiger partial charge in [-0.05, 0) is 122 Å². The van der Waals surface area contributed by atoms with E-state index in [9.17, 15) is 9.59 Å². The van der Waals surface area contributed by atoms with Crippen LogP contribution >= 0.6 is 11.8 Å². The summed E-state index contributed by atoms with van der Waals surface area (Å²) in [6, 6.07) is 23.4. The number of rotatable bonds is 10. The van der Waals surface area contributed by atoms with Crippen LogP contribution in [0.1, 0.15) is 47.8 Å². The van der Waals surface area contributed by atoms with Gasteiger partial charge in [-0.25, -0.2) is 0 Å². The maximum absolute atomic E-state index is 13.2. The topological polar surface area (TPSA) is 70.0 Å². The summed E-state index contributed by atoms with van der Waals surface area (Å²) in [4.78, 5) is 27.7. The summed E-state index contributed by atoms with van der Waals surface area (Å²) in [6.07, 6.45) is 1.81. The molecule has 0 radical (unpaired) electrons. The molecule has 1 aromatic heterocycles. The van der Waals surface area contributed by atoms with Gasteiger partial charge in [0.2, 0.25) is 0 Å². The standard InChI is InChI=1S/C35H36N2O5S/c1-22(2)31-16-7-23(3)19-32(31)41-18-17-36-34(38)33(43-35(36)39)21-26-20-24(4)37(25(26)5)27-8-10-29(11-9-27)42-30-14-12-28(40-6)13-15-30/h7-16,19-22H,17-18H2,1-6H3/b33-21-. The predicted molar refractivity (Wildman–Crippen MR) is 172 cm³/mol. The molecule has 1 aliphatic heterocycles. The number of methoxy groups -OCH3 is 1. The van der Waals surface area contributed by atoms with Gasteiger partial charge in [-0.3, -0.25) is 14.5 Å². The quantitative estimate of drug-likeness (QED) is 0.171. The average molecular weight is 597 g/mol. The number of benzene rings is 3. The molecule has 5 rings (SSSR count). The molecule has 8 heteroatoms. The molecule has 1 saturated heterocycles. The van der Waals surface area contributed by atoms with Gasteiger partial charge in [0.1, 0.15) is 29.6 Å². The van der Waals surface area contributed by atoms with Gasteiger partial charge in [-0.1, -0.05) is 26.0 Å². The normalized spacial score (nSPS) is 14.2. The van der Waals surface area contributed by atoms with E-state index in [1.165, 1.54) is 4.90 Å². The van der Waals surface area contributed by atoms with Crippen molar-refractivity contribution >= 4 is 29.0 Å². The van der Waals surface area contributed by atoms with E-state index >= 15 is 0 Å². The highest BCUT2D eigenvalue weighted by Gasteiger charge is 2.35. The summed E-state index contributed by atoms with van der Waals surface area (Å²) in [5, 5.41) is -0.283. The number of carbonyl (C=O) groups is 2. The van der Waals surface area contributed by atoms with Crippen molar-refractivity contribution in [2.24, 2.45) is 0 Å². The summed E-state index contributed by atoms with van der Waals surface area (Å²) in [6.45, 7) is 10.7. The first kappa shape index (κ1) is 30.0. The average Bonchev–Trinajstić information content (AvgIpc) is 3.42. The van der Waals surface area contributed by atoms with E-state index in [0.29, 0.717) is 10.8 Å². The van der Waals surface area contributed by atoms with Crippen molar-refractivity contribution in [3.05, 3.63) is 106 Å². The van der Waals surface area contributed by atoms with E-state index in [1.807, 2.05) is 87.5 Å². The molecule has 7 nitrogen and oxygen atoms in total. The minimum Gasteiger partial charge on any atom is -0.497 e. The summed E-state index contributed by atoms with van der Waals surface area (Å²) in [7, 11) is 1.63. The third kappa shape index (κ3) is 6.65. The number of hydrogen-bond acceptors (Lipinski definition) is 6. The van der Waals surface area contributed by atoms with Gasteiger partial charge in [-0.15, -0.1) is 0 Å². The number of carbonyl (C=O) groups excluding carboxylic acids is 2. The molecule has 4 aromatic rings. The molecule has 3 aromatic carbocycles. The van der Waals surface area contributed by atoms with Crippen molar-refractivity contribution < 1.29 is 23.8 Å². The van der Waals surface area contributed by atoms with Crippen molar-refractivity contribution in [3.63, 3.8) is 0 Å². The van der Waals surface area contributed by atoms with Crippen molar-refractivity contribution in [2.45, 2.75) is 40.5 Å². The fourth-order valence-electron chi connectivity index (χ4n) is 5.10. The number of hydrogen-bond donors (Lipinski definition) is 0. The summed E-state index contributed by atoms with van der Waals surface area (Å²) in [5.74, 6) is 3.02. The first-order valence-electron chi connectivity index (χ1n) is 14.2. The molecule has 2 heterocycles. The van der Waals surface area contributed by atoms with Crippen LogP contribution in [-0.2, 0) is 4.79 Å². The van der Waals surface area contributed by atoms with Crippen LogP contribution in [0.3, 0.4) is 0 Å². The Bertz CT molecular complexity index is 1670. The monoisotopic (exact) mass is 596 g/mol. The first-order chi connectivity index (χ1) is 20.6. The molecule has 0 N–H and O–H groups in total. The Morgan fingerprint density at radius 1 is 0.860 bits per heavy atom. The van der Waals surface area contributed by atoms with Gasteiger partial charge in [0.05, 0.1) is 18.6 Å². The predicted octanol–water partition coefficient (Wildman–Crippen LogP) is 8.44. The number of aromatic nitrogens is 1. The Morgan fingerprint density at radius 2 is 1.51 bits per heavy atom. The van der Waals surface area contributed by atoms with Crippen molar-refractivity contribution in [1.82, 2.24) is 9.47 Å². The molecule has 0 aliphatic carbocycles. The largest absolute Gasteiger partial charge is 0.497 e. The minimum absolute atomic E-state index is 0.192. The van der Waals surface area contributed by atoms with Gasteiger partial charge >= 0.3 is 0 Å². The summed E-state index contributed by atoms with van der Waals surface area (Å²) >= 11 is 0.967. The number of thioether (sulfide) groups is 1. The van der Waals surface area contributed by atoms with E-state index in [2.05, 4.69) is 30.5 Å². The third-order valence-electron chi connectivity index (χ3n) is 7.38. The maximum atomic E-state index is 13.2. The van der Waals surface area contributed by atoms with Gasteiger partial charge in [0, 0.05) is 17.1 Å². The zero-order chi connectivity index (χ0) is 30.7. The Hall–Kier alpha value is -4.43. The molecule has 0 spiro atoms. The molecule has 0 unspecified atom stereocenters. The smallest absolute Gasteiger partial charge is 0.293 e. The van der Waals surface area contributed by atoms with E-state index < -0.39 is 0 Å². The maximum Gasteiger partial charge on any atom is 0.293 e. The van der Waals surface area contributed by atoms with Crippen LogP contribution in [0.2, 0.25) is 0 Å². The van der Waals surface area contributed by atoms with E-state index in [0.717, 1.165) is 68.5 Å². The first-order valence-corrected chi connectivity index (χ1v) is 15.1. The zero-order valence-corrected chi connectivity index (χ0v) is 26.2. The Balaban J connectivity index is 1.27. The summed E-state index contributed by atoms with van der Waals surface area (Å²) in [5.41, 5.74) is 6.05.